The maximum atomic E-state index is 15.3. The molecule has 5 rings (SSSR count). The lowest BCUT2D eigenvalue weighted by Gasteiger charge is -2.35. The van der Waals surface area contributed by atoms with Crippen molar-refractivity contribution in [3.05, 3.63) is 47.1 Å². The molecule has 1 saturated carbocycles. The number of rotatable bonds is 6. The zero-order valence-electron chi connectivity index (χ0n) is 20.6. The van der Waals surface area contributed by atoms with Crippen LogP contribution in [0.25, 0.3) is 0 Å². The van der Waals surface area contributed by atoms with E-state index >= 15 is 8.78 Å². The maximum Gasteiger partial charge on any atom is 0.276 e. The van der Waals surface area contributed by atoms with Gasteiger partial charge < -0.3 is 9.80 Å². The standard InChI is InChI=1S/C26H31ClF2N4O3S/c27-23-17-20(26(28,29)19-5-2-1-3-6-19)18-24(30-23)31-13-15-32(16-14-31)37(35,36)22-10-8-21(9-11-22)33-12-4-7-25(33)34/h8-11,17-19H,1-7,12-16H2. The second kappa shape index (κ2) is 10.5. The molecule has 3 heterocycles. The molecule has 3 fully saturated rings. The first-order valence-corrected chi connectivity index (χ1v) is 14.7. The first-order valence-electron chi connectivity index (χ1n) is 12.9. The molecule has 7 nitrogen and oxygen atoms in total. The van der Waals surface area contributed by atoms with Crippen LogP contribution >= 0.6 is 11.6 Å². The molecule has 1 amide bonds. The van der Waals surface area contributed by atoms with E-state index in [1.807, 2.05) is 0 Å². The van der Waals surface area contributed by atoms with Crippen LogP contribution < -0.4 is 9.80 Å². The average molecular weight is 553 g/mol. The highest BCUT2D eigenvalue weighted by molar-refractivity contribution is 7.89. The number of sulfonamides is 1. The van der Waals surface area contributed by atoms with Gasteiger partial charge in [0.25, 0.3) is 5.92 Å². The van der Waals surface area contributed by atoms with Gasteiger partial charge in [0, 0.05) is 56.3 Å². The van der Waals surface area contributed by atoms with Gasteiger partial charge in [-0.2, -0.15) is 4.31 Å². The Morgan fingerprint density at radius 3 is 2.22 bits per heavy atom. The molecule has 0 spiro atoms. The lowest BCUT2D eigenvalue weighted by molar-refractivity contribution is -0.117. The van der Waals surface area contributed by atoms with Crippen molar-refractivity contribution in [3.8, 4) is 0 Å². The van der Waals surface area contributed by atoms with Gasteiger partial charge >= 0.3 is 0 Å². The van der Waals surface area contributed by atoms with E-state index in [1.165, 1.54) is 28.6 Å². The van der Waals surface area contributed by atoms with Crippen LogP contribution in [0.1, 0.15) is 50.5 Å². The van der Waals surface area contributed by atoms with Gasteiger partial charge in [-0.3, -0.25) is 4.79 Å². The Morgan fingerprint density at radius 1 is 0.919 bits per heavy atom. The number of anilines is 2. The summed E-state index contributed by atoms with van der Waals surface area (Å²) in [5.74, 6) is -3.31. The lowest BCUT2D eigenvalue weighted by atomic mass is 9.82. The predicted octanol–water partition coefficient (Wildman–Crippen LogP) is 5.04. The van der Waals surface area contributed by atoms with Gasteiger partial charge in [0.1, 0.15) is 11.0 Å². The Kier molecular flexibility index (Phi) is 7.44. The van der Waals surface area contributed by atoms with E-state index in [0.29, 0.717) is 50.4 Å². The number of halogens is 3. The number of hydrogen-bond acceptors (Lipinski definition) is 5. The van der Waals surface area contributed by atoms with Crippen molar-refractivity contribution in [1.82, 2.24) is 9.29 Å². The summed E-state index contributed by atoms with van der Waals surface area (Å²) in [4.78, 5) is 19.9. The van der Waals surface area contributed by atoms with E-state index in [2.05, 4.69) is 4.98 Å². The largest absolute Gasteiger partial charge is 0.354 e. The topological polar surface area (TPSA) is 73.8 Å². The van der Waals surface area contributed by atoms with E-state index in [-0.39, 0.29) is 34.6 Å². The van der Waals surface area contributed by atoms with E-state index in [0.717, 1.165) is 25.7 Å². The van der Waals surface area contributed by atoms with E-state index < -0.39 is 21.9 Å². The van der Waals surface area contributed by atoms with Crippen molar-refractivity contribution in [2.75, 3.05) is 42.5 Å². The second-order valence-corrected chi connectivity index (χ2v) is 12.4. The Bertz CT molecular complexity index is 1240. The highest BCUT2D eigenvalue weighted by atomic mass is 35.5. The SMILES string of the molecule is O=C1CCCN1c1ccc(S(=O)(=O)N2CCN(c3cc(C(F)(F)C4CCCCC4)cc(Cl)n3)CC2)cc1. The fourth-order valence-electron chi connectivity index (χ4n) is 5.56. The van der Waals surface area contributed by atoms with Crippen molar-refractivity contribution in [2.24, 2.45) is 5.92 Å². The van der Waals surface area contributed by atoms with Gasteiger partial charge in [-0.25, -0.2) is 22.2 Å². The first kappa shape index (κ1) is 26.3. The molecule has 0 radical (unpaired) electrons. The van der Waals surface area contributed by atoms with Gasteiger partial charge in [0.2, 0.25) is 15.9 Å². The van der Waals surface area contributed by atoms with E-state index in [1.54, 1.807) is 21.9 Å². The molecule has 11 heteroatoms. The third-order valence-corrected chi connectivity index (χ3v) is 9.81. The minimum atomic E-state index is -3.74. The number of carbonyl (C=O) groups is 1. The molecule has 200 valence electrons. The molecule has 1 aromatic heterocycles. The molecule has 0 bridgehead atoms. The molecule has 3 aliphatic rings. The van der Waals surface area contributed by atoms with Crippen molar-refractivity contribution in [2.45, 2.75) is 55.8 Å². The fraction of sp³-hybridized carbons (Fsp3) is 0.538. The van der Waals surface area contributed by atoms with Crippen LogP contribution in [0.3, 0.4) is 0 Å². The van der Waals surface area contributed by atoms with Crippen molar-refractivity contribution >= 4 is 39.0 Å². The van der Waals surface area contributed by atoms with Crippen LogP contribution in [0, 0.1) is 5.92 Å². The number of carbonyl (C=O) groups excluding carboxylic acids is 1. The number of amides is 1. The minimum absolute atomic E-state index is 0.00890. The first-order chi connectivity index (χ1) is 17.7. The molecular weight excluding hydrogens is 522 g/mol. The molecule has 2 aliphatic heterocycles. The number of nitrogens with zero attached hydrogens (tertiary/aromatic N) is 4. The lowest BCUT2D eigenvalue weighted by Crippen LogP contribution is -2.49. The minimum Gasteiger partial charge on any atom is -0.354 e. The predicted molar refractivity (Wildman–Crippen MR) is 139 cm³/mol. The highest BCUT2D eigenvalue weighted by Gasteiger charge is 2.42. The fourth-order valence-corrected chi connectivity index (χ4v) is 7.19. The Hall–Kier alpha value is -2.30. The van der Waals surface area contributed by atoms with Crippen LogP contribution in [0.4, 0.5) is 20.3 Å². The van der Waals surface area contributed by atoms with Crippen LogP contribution in [0.2, 0.25) is 5.15 Å². The van der Waals surface area contributed by atoms with Gasteiger partial charge in [-0.1, -0.05) is 30.9 Å². The molecule has 1 aliphatic carbocycles. The summed E-state index contributed by atoms with van der Waals surface area (Å²) in [6.07, 6.45) is 4.89. The summed E-state index contributed by atoms with van der Waals surface area (Å²) in [5, 5.41) is 0.00890. The summed E-state index contributed by atoms with van der Waals surface area (Å²) in [5.41, 5.74) is 0.570. The number of aromatic nitrogens is 1. The Balaban J connectivity index is 1.27. The molecule has 1 aromatic carbocycles. The van der Waals surface area contributed by atoms with Crippen LogP contribution in [0.15, 0.2) is 41.3 Å². The normalized spacial score (nSPS) is 20.6. The smallest absolute Gasteiger partial charge is 0.276 e. The van der Waals surface area contributed by atoms with Gasteiger partial charge in [0.15, 0.2) is 0 Å². The van der Waals surface area contributed by atoms with Gasteiger partial charge in [-0.05, 0) is 55.7 Å². The molecule has 0 N–H and O–H groups in total. The van der Waals surface area contributed by atoms with E-state index in [9.17, 15) is 13.2 Å². The number of pyridine rings is 1. The number of benzene rings is 1. The van der Waals surface area contributed by atoms with Crippen molar-refractivity contribution in [3.63, 3.8) is 0 Å². The summed E-state index contributed by atoms with van der Waals surface area (Å²) in [7, 11) is -3.74. The second-order valence-electron chi connectivity index (χ2n) is 10.0. The van der Waals surface area contributed by atoms with Crippen LogP contribution in [0.5, 0.6) is 0 Å². The Morgan fingerprint density at radius 2 is 1.59 bits per heavy atom. The molecule has 2 aromatic rings. The van der Waals surface area contributed by atoms with Crippen LogP contribution in [-0.4, -0.2) is 56.3 Å². The van der Waals surface area contributed by atoms with Crippen molar-refractivity contribution < 1.29 is 22.0 Å². The molecule has 0 unspecified atom stereocenters. The van der Waals surface area contributed by atoms with Gasteiger partial charge in [-0.15, -0.1) is 0 Å². The summed E-state index contributed by atoms with van der Waals surface area (Å²) < 4.78 is 58.5. The Labute approximate surface area is 221 Å². The van der Waals surface area contributed by atoms with Crippen LogP contribution in [-0.2, 0) is 20.7 Å². The monoisotopic (exact) mass is 552 g/mol. The van der Waals surface area contributed by atoms with Gasteiger partial charge in [0.05, 0.1) is 4.90 Å². The molecule has 37 heavy (non-hydrogen) atoms. The molecule has 2 saturated heterocycles. The number of alkyl halides is 2. The molecular formula is C26H31ClF2N4O3S. The summed E-state index contributed by atoms with van der Waals surface area (Å²) >= 11 is 6.16. The third-order valence-electron chi connectivity index (χ3n) is 7.71. The zero-order chi connectivity index (χ0) is 26.2. The summed E-state index contributed by atoms with van der Waals surface area (Å²) in [6.45, 7) is 1.63. The average Bonchev–Trinajstić information content (AvgIpc) is 3.34. The summed E-state index contributed by atoms with van der Waals surface area (Å²) in [6, 6.07) is 9.04. The number of hydrogen-bond donors (Lipinski definition) is 0. The molecule has 0 atom stereocenters. The zero-order valence-corrected chi connectivity index (χ0v) is 22.2. The quantitative estimate of drug-likeness (QED) is 0.469. The third kappa shape index (κ3) is 5.33. The highest BCUT2D eigenvalue weighted by Crippen LogP contribution is 2.44. The van der Waals surface area contributed by atoms with E-state index in [4.69, 9.17) is 11.6 Å². The maximum absolute atomic E-state index is 15.3. The van der Waals surface area contributed by atoms with Crippen molar-refractivity contribution in [1.29, 1.82) is 0 Å². The number of piperazine rings is 1.